The fourth-order valence-corrected chi connectivity index (χ4v) is 2.96. The van der Waals surface area contributed by atoms with Crippen molar-refractivity contribution in [2.45, 2.75) is 26.2 Å². The molecule has 1 aromatic carbocycles. The van der Waals surface area contributed by atoms with Gasteiger partial charge in [-0.05, 0) is 19.1 Å². The van der Waals surface area contributed by atoms with Gasteiger partial charge in [0.05, 0.1) is 6.20 Å². The van der Waals surface area contributed by atoms with E-state index in [1.54, 1.807) is 6.20 Å². The van der Waals surface area contributed by atoms with E-state index in [1.165, 1.54) is 5.56 Å². The molecule has 0 aliphatic carbocycles. The summed E-state index contributed by atoms with van der Waals surface area (Å²) in [6, 6.07) is 13.8. The highest BCUT2D eigenvalue weighted by molar-refractivity contribution is 5.76. The predicted molar refractivity (Wildman–Crippen MR) is 105 cm³/mol. The molecular formula is C21H21N5O2. The minimum atomic E-state index is -0.0380. The standard InChI is InChI=1S/C21H21N5O2/c1-15-5-7-16(8-6-15)17-14-23-21(28-17)10-9-20(27)22-12-11-19-25-24-18-4-2-3-13-26(18)19/h2-8,13-14H,9-12H2,1H3,(H,22,27). The van der Waals surface area contributed by atoms with Crippen molar-refractivity contribution < 1.29 is 9.21 Å². The Morgan fingerprint density at radius 1 is 1.11 bits per heavy atom. The smallest absolute Gasteiger partial charge is 0.220 e. The number of rotatable bonds is 7. The summed E-state index contributed by atoms with van der Waals surface area (Å²) in [6.45, 7) is 2.55. The number of carbonyl (C=O) groups excluding carboxylic acids is 1. The van der Waals surface area contributed by atoms with E-state index in [2.05, 4.69) is 20.5 Å². The minimum absolute atomic E-state index is 0.0380. The van der Waals surface area contributed by atoms with Crippen LogP contribution in [-0.4, -0.2) is 32.0 Å². The molecule has 3 aromatic heterocycles. The number of nitrogens with one attached hydrogen (secondary N) is 1. The van der Waals surface area contributed by atoms with E-state index in [-0.39, 0.29) is 5.91 Å². The summed E-state index contributed by atoms with van der Waals surface area (Å²) in [7, 11) is 0. The van der Waals surface area contributed by atoms with E-state index in [4.69, 9.17) is 4.42 Å². The number of hydrogen-bond donors (Lipinski definition) is 1. The molecule has 1 amide bonds. The fourth-order valence-electron chi connectivity index (χ4n) is 2.96. The summed E-state index contributed by atoms with van der Waals surface area (Å²) in [5.74, 6) is 2.07. The SMILES string of the molecule is Cc1ccc(-c2cnc(CCC(=O)NCCc3nnc4ccccn34)o2)cc1. The molecule has 7 heteroatoms. The molecule has 0 atom stereocenters. The van der Waals surface area contributed by atoms with Crippen molar-refractivity contribution in [1.82, 2.24) is 24.9 Å². The van der Waals surface area contributed by atoms with Gasteiger partial charge in [-0.25, -0.2) is 4.98 Å². The van der Waals surface area contributed by atoms with Crippen molar-refractivity contribution >= 4 is 11.6 Å². The first-order chi connectivity index (χ1) is 13.7. The third kappa shape index (κ3) is 4.09. The maximum atomic E-state index is 12.1. The zero-order chi connectivity index (χ0) is 19.3. The Labute approximate surface area is 162 Å². The molecule has 4 rings (SSSR count). The third-order valence-corrected chi connectivity index (χ3v) is 4.51. The summed E-state index contributed by atoms with van der Waals surface area (Å²) in [4.78, 5) is 16.4. The Morgan fingerprint density at radius 3 is 2.82 bits per heavy atom. The maximum Gasteiger partial charge on any atom is 0.220 e. The van der Waals surface area contributed by atoms with Crippen LogP contribution in [0, 0.1) is 6.92 Å². The van der Waals surface area contributed by atoms with Crippen LogP contribution < -0.4 is 5.32 Å². The number of carbonyl (C=O) groups is 1. The van der Waals surface area contributed by atoms with Gasteiger partial charge < -0.3 is 9.73 Å². The van der Waals surface area contributed by atoms with Crippen LogP contribution in [0.4, 0.5) is 0 Å². The molecule has 0 unspecified atom stereocenters. The lowest BCUT2D eigenvalue weighted by atomic mass is 10.1. The minimum Gasteiger partial charge on any atom is -0.441 e. The first kappa shape index (κ1) is 17.9. The van der Waals surface area contributed by atoms with Crippen molar-refractivity contribution in [2.75, 3.05) is 6.54 Å². The molecule has 3 heterocycles. The van der Waals surface area contributed by atoms with E-state index in [9.17, 15) is 4.79 Å². The van der Waals surface area contributed by atoms with Crippen molar-refractivity contribution in [3.05, 3.63) is 72.1 Å². The Kier molecular flexibility index (Phi) is 5.14. The van der Waals surface area contributed by atoms with Crippen LogP contribution in [0.15, 0.2) is 59.3 Å². The Hall–Kier alpha value is -3.48. The van der Waals surface area contributed by atoms with Crippen molar-refractivity contribution in [1.29, 1.82) is 0 Å². The number of fused-ring (bicyclic) bond motifs is 1. The van der Waals surface area contributed by atoms with Crippen LogP contribution in [0.2, 0.25) is 0 Å². The number of oxazole rings is 1. The number of amides is 1. The number of aryl methyl sites for hydroxylation is 2. The molecule has 7 nitrogen and oxygen atoms in total. The zero-order valence-corrected chi connectivity index (χ0v) is 15.6. The van der Waals surface area contributed by atoms with Gasteiger partial charge >= 0.3 is 0 Å². The Balaban J connectivity index is 1.25. The number of aromatic nitrogens is 4. The van der Waals surface area contributed by atoms with Gasteiger partial charge in [0.1, 0.15) is 5.82 Å². The van der Waals surface area contributed by atoms with E-state index in [0.29, 0.717) is 37.5 Å². The molecule has 0 aliphatic heterocycles. The van der Waals surface area contributed by atoms with E-state index < -0.39 is 0 Å². The predicted octanol–water partition coefficient (Wildman–Crippen LogP) is 2.98. The van der Waals surface area contributed by atoms with Crippen molar-refractivity contribution in [2.24, 2.45) is 0 Å². The van der Waals surface area contributed by atoms with E-state index >= 15 is 0 Å². The van der Waals surface area contributed by atoms with Crippen LogP contribution in [0.3, 0.4) is 0 Å². The van der Waals surface area contributed by atoms with Gasteiger partial charge in [0, 0.05) is 37.6 Å². The molecule has 0 saturated carbocycles. The second kappa shape index (κ2) is 8.04. The van der Waals surface area contributed by atoms with Gasteiger partial charge in [0.15, 0.2) is 17.3 Å². The van der Waals surface area contributed by atoms with Crippen molar-refractivity contribution in [3.63, 3.8) is 0 Å². The summed E-state index contributed by atoms with van der Waals surface area (Å²) in [5, 5.41) is 11.2. The number of benzene rings is 1. The number of pyridine rings is 1. The normalized spacial score (nSPS) is 11.0. The van der Waals surface area contributed by atoms with Gasteiger partial charge in [0.2, 0.25) is 5.91 Å². The van der Waals surface area contributed by atoms with Crippen LogP contribution in [0.25, 0.3) is 17.0 Å². The number of hydrogen-bond acceptors (Lipinski definition) is 5. The van der Waals surface area contributed by atoms with Gasteiger partial charge in [0.25, 0.3) is 0 Å². The first-order valence-corrected chi connectivity index (χ1v) is 9.26. The highest BCUT2D eigenvalue weighted by Crippen LogP contribution is 2.21. The van der Waals surface area contributed by atoms with Gasteiger partial charge in [-0.1, -0.05) is 35.9 Å². The van der Waals surface area contributed by atoms with Gasteiger partial charge in [-0.3, -0.25) is 9.20 Å². The molecular weight excluding hydrogens is 354 g/mol. The highest BCUT2D eigenvalue weighted by Gasteiger charge is 2.10. The largest absolute Gasteiger partial charge is 0.441 e. The lowest BCUT2D eigenvalue weighted by Crippen LogP contribution is -2.26. The summed E-state index contributed by atoms with van der Waals surface area (Å²) in [5.41, 5.74) is 2.98. The molecule has 28 heavy (non-hydrogen) atoms. The van der Waals surface area contributed by atoms with Crippen LogP contribution in [-0.2, 0) is 17.6 Å². The lowest BCUT2D eigenvalue weighted by molar-refractivity contribution is -0.121. The molecule has 0 aliphatic rings. The summed E-state index contributed by atoms with van der Waals surface area (Å²) >= 11 is 0. The topological polar surface area (TPSA) is 85.3 Å². The molecule has 0 fully saturated rings. The second-order valence-electron chi connectivity index (χ2n) is 6.63. The monoisotopic (exact) mass is 375 g/mol. The van der Waals surface area contributed by atoms with E-state index in [0.717, 1.165) is 17.0 Å². The first-order valence-electron chi connectivity index (χ1n) is 9.26. The Morgan fingerprint density at radius 2 is 1.96 bits per heavy atom. The summed E-state index contributed by atoms with van der Waals surface area (Å²) in [6.07, 6.45) is 5.03. The highest BCUT2D eigenvalue weighted by atomic mass is 16.4. The van der Waals surface area contributed by atoms with Crippen molar-refractivity contribution in [3.8, 4) is 11.3 Å². The third-order valence-electron chi connectivity index (χ3n) is 4.51. The lowest BCUT2D eigenvalue weighted by Gasteiger charge is -2.03. The van der Waals surface area contributed by atoms with Crippen LogP contribution in [0.5, 0.6) is 0 Å². The number of nitrogens with zero attached hydrogens (tertiary/aromatic N) is 4. The quantitative estimate of drug-likeness (QED) is 0.537. The van der Waals surface area contributed by atoms with Crippen LogP contribution in [0.1, 0.15) is 23.7 Å². The van der Waals surface area contributed by atoms with E-state index in [1.807, 2.05) is 60.0 Å². The van der Waals surface area contributed by atoms with Gasteiger partial charge in [-0.2, -0.15) is 0 Å². The maximum absolute atomic E-state index is 12.1. The zero-order valence-electron chi connectivity index (χ0n) is 15.6. The average Bonchev–Trinajstić information content (AvgIpc) is 3.35. The Bertz CT molecular complexity index is 1080. The fraction of sp³-hybridized carbons (Fsp3) is 0.238. The van der Waals surface area contributed by atoms with Gasteiger partial charge in [-0.15, -0.1) is 10.2 Å². The molecule has 0 radical (unpaired) electrons. The molecule has 4 aromatic rings. The molecule has 0 saturated heterocycles. The summed E-state index contributed by atoms with van der Waals surface area (Å²) < 4.78 is 7.68. The van der Waals surface area contributed by atoms with Crippen LogP contribution >= 0.6 is 0 Å². The average molecular weight is 375 g/mol. The molecule has 0 spiro atoms. The second-order valence-corrected chi connectivity index (χ2v) is 6.63. The molecule has 0 bridgehead atoms. The molecule has 142 valence electrons. The molecule has 1 N–H and O–H groups in total.